The number of hydrogen-bond acceptors (Lipinski definition) is 4. The second-order valence-corrected chi connectivity index (χ2v) is 6.82. The maximum Gasteiger partial charge on any atom is 0.120 e. The molecule has 2 fully saturated rings. The van der Waals surface area contributed by atoms with Crippen LogP contribution >= 0.6 is 0 Å². The maximum atomic E-state index is 8.93. The van der Waals surface area contributed by atoms with E-state index in [4.69, 9.17) is 10.00 Å². The van der Waals surface area contributed by atoms with Crippen molar-refractivity contribution < 1.29 is 4.74 Å². The van der Waals surface area contributed by atoms with Crippen LogP contribution in [-0.4, -0.2) is 43.2 Å². The number of benzene rings is 1. The van der Waals surface area contributed by atoms with Crippen LogP contribution < -0.4 is 10.1 Å². The molecular weight excluding hydrogens is 286 g/mol. The van der Waals surface area contributed by atoms with Crippen LogP contribution in [0.15, 0.2) is 24.3 Å². The van der Waals surface area contributed by atoms with Gasteiger partial charge in [-0.15, -0.1) is 0 Å². The van der Waals surface area contributed by atoms with E-state index in [9.17, 15) is 0 Å². The summed E-state index contributed by atoms with van der Waals surface area (Å²) >= 11 is 0. The lowest BCUT2D eigenvalue weighted by molar-refractivity contribution is 0.0119. The van der Waals surface area contributed by atoms with Crippen LogP contribution in [-0.2, 0) is 0 Å². The van der Waals surface area contributed by atoms with E-state index in [0.29, 0.717) is 5.56 Å². The molecule has 1 aliphatic carbocycles. The molecule has 1 aliphatic heterocycles. The van der Waals surface area contributed by atoms with E-state index in [1.54, 1.807) is 0 Å². The number of ether oxygens (including phenoxy) is 1. The van der Waals surface area contributed by atoms with Crippen LogP contribution in [0.3, 0.4) is 0 Å². The van der Waals surface area contributed by atoms with Gasteiger partial charge in [0.25, 0.3) is 0 Å². The molecule has 1 saturated heterocycles. The molecule has 0 amide bonds. The average molecular weight is 313 g/mol. The van der Waals surface area contributed by atoms with E-state index in [1.165, 1.54) is 19.3 Å². The Morgan fingerprint density at radius 2 is 1.78 bits per heavy atom. The summed E-state index contributed by atoms with van der Waals surface area (Å²) < 4.78 is 6.48. The van der Waals surface area contributed by atoms with Gasteiger partial charge < -0.3 is 15.0 Å². The van der Waals surface area contributed by atoms with Crippen molar-refractivity contribution in [2.24, 2.45) is 0 Å². The molecule has 1 heterocycles. The van der Waals surface area contributed by atoms with Gasteiger partial charge in [0.15, 0.2) is 0 Å². The molecule has 0 unspecified atom stereocenters. The fourth-order valence-electron chi connectivity index (χ4n) is 3.74. The third kappa shape index (κ3) is 4.46. The Bertz CT molecular complexity index is 523. The third-order valence-corrected chi connectivity index (χ3v) is 5.18. The minimum Gasteiger partial charge on any atom is -0.487 e. The van der Waals surface area contributed by atoms with Crippen molar-refractivity contribution in [3.05, 3.63) is 29.8 Å². The predicted molar refractivity (Wildman–Crippen MR) is 91.5 cm³/mol. The lowest BCUT2D eigenvalue weighted by Crippen LogP contribution is -2.47. The van der Waals surface area contributed by atoms with Gasteiger partial charge >= 0.3 is 0 Å². The monoisotopic (exact) mass is 313 g/mol. The molecule has 0 radical (unpaired) electrons. The van der Waals surface area contributed by atoms with Crippen molar-refractivity contribution >= 4 is 0 Å². The smallest absolute Gasteiger partial charge is 0.120 e. The Balaban J connectivity index is 1.64. The van der Waals surface area contributed by atoms with Gasteiger partial charge in [-0.25, -0.2) is 0 Å². The summed E-state index contributed by atoms with van der Waals surface area (Å²) in [5.41, 5.74) is 0.674. The van der Waals surface area contributed by atoms with Crippen molar-refractivity contribution in [2.75, 3.05) is 32.7 Å². The Hall–Kier alpha value is -1.57. The van der Waals surface area contributed by atoms with E-state index in [-0.39, 0.29) is 5.60 Å². The highest BCUT2D eigenvalue weighted by Gasteiger charge is 2.34. The fraction of sp³-hybridized carbons (Fsp3) is 0.632. The molecule has 0 aromatic heterocycles. The van der Waals surface area contributed by atoms with Gasteiger partial charge in [0.1, 0.15) is 11.4 Å². The van der Waals surface area contributed by atoms with Crippen LogP contribution in [0.4, 0.5) is 0 Å². The van der Waals surface area contributed by atoms with Gasteiger partial charge in [0, 0.05) is 32.7 Å². The molecule has 1 saturated carbocycles. The van der Waals surface area contributed by atoms with E-state index in [2.05, 4.69) is 16.3 Å². The number of rotatable bonds is 5. The minimum absolute atomic E-state index is 0.0166. The Morgan fingerprint density at radius 1 is 1.09 bits per heavy atom. The summed E-state index contributed by atoms with van der Waals surface area (Å²) in [4.78, 5) is 2.55. The highest BCUT2D eigenvalue weighted by atomic mass is 16.5. The van der Waals surface area contributed by atoms with Crippen LogP contribution in [0.1, 0.15) is 44.1 Å². The normalized spacial score (nSPS) is 21.5. The van der Waals surface area contributed by atoms with E-state index in [0.717, 1.165) is 57.7 Å². The van der Waals surface area contributed by atoms with Crippen molar-refractivity contribution in [3.8, 4) is 11.8 Å². The summed E-state index contributed by atoms with van der Waals surface area (Å²) in [6.07, 6.45) is 7.26. The van der Waals surface area contributed by atoms with Crippen molar-refractivity contribution in [3.63, 3.8) is 0 Å². The number of hydrogen-bond donors (Lipinski definition) is 1. The zero-order chi connectivity index (χ0) is 16.0. The molecule has 124 valence electrons. The first-order valence-electron chi connectivity index (χ1n) is 8.92. The lowest BCUT2D eigenvalue weighted by Gasteiger charge is -2.40. The summed E-state index contributed by atoms with van der Waals surface area (Å²) in [7, 11) is 0. The molecule has 4 nitrogen and oxygen atoms in total. The lowest BCUT2D eigenvalue weighted by atomic mass is 9.82. The number of nitrogens with one attached hydrogen (secondary N) is 1. The standard InChI is InChI=1S/C19H27N3O/c20-16-17-4-6-18(7-5-17)23-19(8-2-1-3-9-19)10-13-22-14-11-21-12-15-22/h4-7,21H,1-3,8-15H2. The maximum absolute atomic E-state index is 8.93. The van der Waals surface area contributed by atoms with E-state index in [1.807, 2.05) is 24.3 Å². The first-order chi connectivity index (χ1) is 11.3. The number of piperazine rings is 1. The fourth-order valence-corrected chi connectivity index (χ4v) is 3.74. The second kappa shape index (κ2) is 7.81. The quantitative estimate of drug-likeness (QED) is 0.908. The second-order valence-electron chi connectivity index (χ2n) is 6.82. The predicted octanol–water partition coefficient (Wildman–Crippen LogP) is 2.94. The molecule has 1 aromatic rings. The van der Waals surface area contributed by atoms with Crippen molar-refractivity contribution in [1.82, 2.24) is 10.2 Å². The molecule has 0 atom stereocenters. The van der Waals surface area contributed by atoms with Crippen LogP contribution in [0.5, 0.6) is 5.75 Å². The summed E-state index contributed by atoms with van der Waals surface area (Å²) in [6.45, 7) is 5.62. The van der Waals surface area contributed by atoms with Crippen LogP contribution in [0.25, 0.3) is 0 Å². The SMILES string of the molecule is N#Cc1ccc(OC2(CCN3CCNCC3)CCCCC2)cc1. The van der Waals surface area contributed by atoms with Crippen molar-refractivity contribution in [1.29, 1.82) is 5.26 Å². The summed E-state index contributed by atoms with van der Waals surface area (Å²) in [5.74, 6) is 0.909. The highest BCUT2D eigenvalue weighted by Crippen LogP contribution is 2.36. The third-order valence-electron chi connectivity index (χ3n) is 5.18. The topological polar surface area (TPSA) is 48.3 Å². The largest absolute Gasteiger partial charge is 0.487 e. The summed E-state index contributed by atoms with van der Waals surface area (Å²) in [6, 6.07) is 9.75. The average Bonchev–Trinajstić information content (AvgIpc) is 2.62. The Morgan fingerprint density at radius 3 is 2.43 bits per heavy atom. The molecule has 3 rings (SSSR count). The zero-order valence-corrected chi connectivity index (χ0v) is 13.9. The summed E-state index contributed by atoms with van der Waals surface area (Å²) in [5, 5.41) is 12.3. The van der Waals surface area contributed by atoms with Crippen molar-refractivity contribution in [2.45, 2.75) is 44.1 Å². The Labute approximate surface area is 139 Å². The first-order valence-corrected chi connectivity index (χ1v) is 8.92. The molecule has 2 aliphatic rings. The highest BCUT2D eigenvalue weighted by molar-refractivity contribution is 5.34. The minimum atomic E-state index is -0.0166. The van der Waals surface area contributed by atoms with Gasteiger partial charge in [-0.3, -0.25) is 0 Å². The molecule has 1 N–H and O–H groups in total. The zero-order valence-electron chi connectivity index (χ0n) is 13.9. The molecule has 1 aromatic carbocycles. The molecule has 0 bridgehead atoms. The Kier molecular flexibility index (Phi) is 5.53. The molecule has 23 heavy (non-hydrogen) atoms. The van der Waals surface area contributed by atoms with Gasteiger partial charge in [-0.1, -0.05) is 6.42 Å². The van der Waals surface area contributed by atoms with E-state index < -0.39 is 0 Å². The molecular formula is C19H27N3O. The number of nitriles is 1. The molecule has 0 spiro atoms. The first kappa shape index (κ1) is 16.3. The van der Waals surface area contributed by atoms with Gasteiger partial charge in [0.05, 0.1) is 11.6 Å². The number of nitrogens with zero attached hydrogens (tertiary/aromatic N) is 2. The van der Waals surface area contributed by atoms with Crippen LogP contribution in [0.2, 0.25) is 0 Å². The van der Waals surface area contributed by atoms with E-state index >= 15 is 0 Å². The van der Waals surface area contributed by atoms with Gasteiger partial charge in [-0.05, 0) is 56.4 Å². The van der Waals surface area contributed by atoms with Gasteiger partial charge in [-0.2, -0.15) is 5.26 Å². The van der Waals surface area contributed by atoms with Crippen LogP contribution in [0, 0.1) is 11.3 Å². The molecule has 4 heteroatoms. The van der Waals surface area contributed by atoms with Gasteiger partial charge in [0.2, 0.25) is 0 Å².